The first-order valence-electron chi connectivity index (χ1n) is 12.2. The number of carbonyl (C=O) groups is 3. The average Bonchev–Trinajstić information content (AvgIpc) is 3.59. The summed E-state index contributed by atoms with van der Waals surface area (Å²) in [6, 6.07) is 12.4. The van der Waals surface area contributed by atoms with Crippen LogP contribution in [0, 0.1) is 17.2 Å². The van der Waals surface area contributed by atoms with Crippen LogP contribution in [0.25, 0.3) is 0 Å². The number of likely N-dealkylation sites (N-methyl/N-ethyl adjacent to an activating group) is 1. The molecule has 1 aliphatic heterocycles. The van der Waals surface area contributed by atoms with Crippen LogP contribution >= 0.6 is 0 Å². The number of allylic oxidation sites excluding steroid dienone is 1. The van der Waals surface area contributed by atoms with Gasteiger partial charge >= 0.3 is 5.97 Å². The molecular weight excluding hydrogens is 472 g/mol. The maximum Gasteiger partial charge on any atom is 0.327 e. The van der Waals surface area contributed by atoms with E-state index in [0.29, 0.717) is 60.5 Å². The molecule has 2 aromatic carbocycles. The number of aliphatic carboxylic acids is 1. The van der Waals surface area contributed by atoms with Crippen LogP contribution in [0.3, 0.4) is 0 Å². The second-order valence-corrected chi connectivity index (χ2v) is 9.70. The molecule has 2 aromatic rings. The summed E-state index contributed by atoms with van der Waals surface area (Å²) in [6.07, 6.45) is 4.14. The Balaban J connectivity index is 1.53. The number of benzene rings is 2. The Morgan fingerprint density at radius 1 is 1.24 bits per heavy atom. The Bertz CT molecular complexity index is 1300. The number of anilines is 1. The SMILES string of the molecule is CN(C)CCNC(=O)c1ccc2c(c1)[C@]1(CCO2)C[C@H]1C(=O)Nc1cc(C#N)ccc1CC=CC(=O)O. The number of hydrogen-bond donors (Lipinski definition) is 3. The molecular formula is C28H30N4O5. The number of carboxylic acids is 1. The van der Waals surface area contributed by atoms with Gasteiger partial charge in [-0.15, -0.1) is 0 Å². The predicted molar refractivity (Wildman–Crippen MR) is 137 cm³/mol. The van der Waals surface area contributed by atoms with Gasteiger partial charge in [0.2, 0.25) is 5.91 Å². The first kappa shape index (κ1) is 25.9. The largest absolute Gasteiger partial charge is 0.493 e. The minimum absolute atomic E-state index is 0.167. The molecule has 37 heavy (non-hydrogen) atoms. The van der Waals surface area contributed by atoms with Gasteiger partial charge in [-0.25, -0.2) is 4.79 Å². The molecule has 9 nitrogen and oxygen atoms in total. The molecule has 1 aliphatic carbocycles. The Morgan fingerprint density at radius 3 is 2.78 bits per heavy atom. The number of carbonyl (C=O) groups excluding carboxylic acids is 2. The van der Waals surface area contributed by atoms with Gasteiger partial charge in [-0.1, -0.05) is 12.1 Å². The lowest BCUT2D eigenvalue weighted by atomic mass is 9.86. The lowest BCUT2D eigenvalue weighted by molar-refractivity contribution is -0.131. The van der Waals surface area contributed by atoms with Crippen molar-refractivity contribution in [2.75, 3.05) is 39.1 Å². The molecule has 1 spiro atoms. The summed E-state index contributed by atoms with van der Waals surface area (Å²) in [4.78, 5) is 38.9. The molecule has 2 aliphatic rings. The van der Waals surface area contributed by atoms with Crippen LogP contribution < -0.4 is 15.4 Å². The maximum atomic E-state index is 13.4. The maximum absolute atomic E-state index is 13.4. The number of rotatable bonds is 9. The van der Waals surface area contributed by atoms with Crippen LogP contribution in [-0.2, 0) is 21.4 Å². The normalized spacial score (nSPS) is 19.7. The van der Waals surface area contributed by atoms with Crippen molar-refractivity contribution in [2.24, 2.45) is 5.92 Å². The summed E-state index contributed by atoms with van der Waals surface area (Å²) in [6.45, 7) is 1.74. The van der Waals surface area contributed by atoms with Gasteiger partial charge in [0.1, 0.15) is 5.75 Å². The van der Waals surface area contributed by atoms with Crippen molar-refractivity contribution in [1.82, 2.24) is 10.2 Å². The Labute approximate surface area is 215 Å². The molecule has 9 heteroatoms. The molecule has 1 saturated carbocycles. The van der Waals surface area contributed by atoms with Gasteiger partial charge in [0.05, 0.1) is 18.2 Å². The first-order chi connectivity index (χ1) is 17.7. The van der Waals surface area contributed by atoms with Gasteiger partial charge in [0.15, 0.2) is 0 Å². The van der Waals surface area contributed by atoms with Gasteiger partial charge in [-0.05, 0) is 69.3 Å². The summed E-state index contributed by atoms with van der Waals surface area (Å²) in [5, 5.41) is 24.1. The van der Waals surface area contributed by atoms with E-state index in [-0.39, 0.29) is 17.7 Å². The number of fused-ring (bicyclic) bond motifs is 2. The number of nitrogens with one attached hydrogen (secondary N) is 2. The van der Waals surface area contributed by atoms with Crippen LogP contribution in [0.15, 0.2) is 48.6 Å². The number of hydrogen-bond acceptors (Lipinski definition) is 6. The molecule has 1 heterocycles. The van der Waals surface area contributed by atoms with Crippen LogP contribution in [-0.4, -0.2) is 61.6 Å². The monoisotopic (exact) mass is 502 g/mol. The molecule has 1 fully saturated rings. The summed E-state index contributed by atoms with van der Waals surface area (Å²) in [5.74, 6) is -1.01. The second-order valence-electron chi connectivity index (χ2n) is 9.70. The highest BCUT2D eigenvalue weighted by Gasteiger charge is 2.61. The topological polar surface area (TPSA) is 132 Å². The summed E-state index contributed by atoms with van der Waals surface area (Å²) in [5.41, 5.74) is 2.59. The predicted octanol–water partition coefficient (Wildman–Crippen LogP) is 2.71. The third-order valence-corrected chi connectivity index (χ3v) is 6.92. The quantitative estimate of drug-likeness (QED) is 0.449. The Hall–Kier alpha value is -4.16. The number of amides is 2. The van der Waals surface area contributed by atoms with E-state index in [2.05, 4.69) is 16.7 Å². The standard InChI is InChI=1S/C28H30N4O5/c1-32(2)12-11-30-26(35)20-8-9-24-21(15-20)28(10-13-37-24)16-22(28)27(36)31-23-14-18(17-29)6-7-19(23)4-3-5-25(33)34/h3,5-9,14-15,22H,4,10-13,16H2,1-2H3,(H,30,35)(H,31,36)(H,33,34)/t22-,28-/m0/s1. The average molecular weight is 503 g/mol. The van der Waals surface area contributed by atoms with Gasteiger partial charge in [0, 0.05) is 47.3 Å². The lowest BCUT2D eigenvalue weighted by Gasteiger charge is -2.27. The smallest absolute Gasteiger partial charge is 0.327 e. The zero-order valence-corrected chi connectivity index (χ0v) is 20.9. The van der Waals surface area contributed by atoms with Crippen molar-refractivity contribution in [3.63, 3.8) is 0 Å². The van der Waals surface area contributed by atoms with Crippen molar-refractivity contribution < 1.29 is 24.2 Å². The summed E-state index contributed by atoms with van der Waals surface area (Å²) >= 11 is 0. The van der Waals surface area contributed by atoms with Crippen LogP contribution in [0.2, 0.25) is 0 Å². The molecule has 0 saturated heterocycles. The highest BCUT2D eigenvalue weighted by Crippen LogP contribution is 2.61. The van der Waals surface area contributed by atoms with E-state index < -0.39 is 11.4 Å². The van der Waals surface area contributed by atoms with Crippen molar-refractivity contribution in [1.29, 1.82) is 5.26 Å². The number of nitriles is 1. The Kier molecular flexibility index (Phi) is 7.60. The minimum Gasteiger partial charge on any atom is -0.493 e. The van der Waals surface area contributed by atoms with Crippen LogP contribution in [0.1, 0.15) is 39.9 Å². The highest BCUT2D eigenvalue weighted by molar-refractivity contribution is 5.98. The fraction of sp³-hybridized carbons (Fsp3) is 0.357. The van der Waals surface area contributed by atoms with Crippen molar-refractivity contribution in [2.45, 2.75) is 24.7 Å². The first-order valence-corrected chi connectivity index (χ1v) is 12.2. The fourth-order valence-electron chi connectivity index (χ4n) is 4.83. The van der Waals surface area contributed by atoms with Crippen LogP contribution in [0.4, 0.5) is 5.69 Å². The number of carboxylic acid groups (broad SMARTS) is 1. The van der Waals surface area contributed by atoms with E-state index in [0.717, 1.165) is 18.2 Å². The van der Waals surface area contributed by atoms with Crippen molar-refractivity contribution >= 4 is 23.5 Å². The van der Waals surface area contributed by atoms with Gasteiger partial charge in [-0.3, -0.25) is 9.59 Å². The van der Waals surface area contributed by atoms with E-state index in [1.165, 1.54) is 6.08 Å². The minimum atomic E-state index is -1.05. The number of nitrogens with zero attached hydrogens (tertiary/aromatic N) is 2. The summed E-state index contributed by atoms with van der Waals surface area (Å²) in [7, 11) is 3.88. The third-order valence-electron chi connectivity index (χ3n) is 6.92. The molecule has 2 atom stereocenters. The second kappa shape index (κ2) is 10.8. The molecule has 4 rings (SSSR count). The van der Waals surface area contributed by atoms with E-state index in [9.17, 15) is 19.6 Å². The van der Waals surface area contributed by atoms with Crippen molar-refractivity contribution in [3.8, 4) is 11.8 Å². The Morgan fingerprint density at radius 2 is 2.05 bits per heavy atom. The highest BCUT2D eigenvalue weighted by atomic mass is 16.5. The van der Waals surface area contributed by atoms with Gasteiger partial charge < -0.3 is 25.4 Å². The molecule has 3 N–H and O–H groups in total. The summed E-state index contributed by atoms with van der Waals surface area (Å²) < 4.78 is 5.84. The zero-order valence-electron chi connectivity index (χ0n) is 20.9. The zero-order chi connectivity index (χ0) is 26.6. The van der Waals surface area contributed by atoms with Gasteiger partial charge in [-0.2, -0.15) is 5.26 Å². The molecule has 2 amide bonds. The lowest BCUT2D eigenvalue weighted by Crippen LogP contribution is -2.32. The van der Waals surface area contributed by atoms with E-state index in [1.807, 2.05) is 25.1 Å². The molecule has 0 unspecified atom stereocenters. The van der Waals surface area contributed by atoms with Crippen molar-refractivity contribution in [3.05, 3.63) is 70.8 Å². The van der Waals surface area contributed by atoms with Gasteiger partial charge in [0.25, 0.3) is 5.91 Å². The van der Waals surface area contributed by atoms with E-state index in [1.54, 1.807) is 30.3 Å². The molecule has 192 valence electrons. The third kappa shape index (κ3) is 5.81. The van der Waals surface area contributed by atoms with E-state index >= 15 is 0 Å². The molecule has 0 radical (unpaired) electrons. The number of ether oxygens (including phenoxy) is 1. The van der Waals surface area contributed by atoms with E-state index in [4.69, 9.17) is 9.84 Å². The molecule has 0 aromatic heterocycles. The molecule has 0 bridgehead atoms. The van der Waals surface area contributed by atoms with Crippen LogP contribution in [0.5, 0.6) is 5.75 Å². The fourth-order valence-corrected chi connectivity index (χ4v) is 4.83.